The lowest BCUT2D eigenvalue weighted by atomic mass is 10.0. The van der Waals surface area contributed by atoms with Gasteiger partial charge >= 0.3 is 0 Å². The highest BCUT2D eigenvalue weighted by Crippen LogP contribution is 2.36. The van der Waals surface area contributed by atoms with Gasteiger partial charge in [0.2, 0.25) is 0 Å². The molecule has 2 aromatic carbocycles. The van der Waals surface area contributed by atoms with Crippen molar-refractivity contribution >= 4 is 11.7 Å². The fourth-order valence-corrected chi connectivity index (χ4v) is 2.37. The van der Waals surface area contributed by atoms with Crippen LogP contribution in [0.1, 0.15) is 33.2 Å². The van der Waals surface area contributed by atoms with Crippen molar-refractivity contribution in [2.75, 3.05) is 6.61 Å². The summed E-state index contributed by atoms with van der Waals surface area (Å²) in [6.45, 7) is 2.17. The number of hydrogen-bond donors (Lipinski definition) is 1. The Balaban J connectivity index is 2.00. The molecule has 1 amide bonds. The lowest BCUT2D eigenvalue weighted by Crippen LogP contribution is -2.23. The number of carbonyl (C=O) groups excluding carboxylic acids is 2. The first kappa shape index (κ1) is 12.6. The Hall–Kier alpha value is -2.46. The average Bonchev–Trinajstić information content (AvgIpc) is 2.78. The molecule has 0 spiro atoms. The maximum atomic E-state index is 12.3. The van der Waals surface area contributed by atoms with Gasteiger partial charge in [0.1, 0.15) is 0 Å². The normalized spacial score (nSPS) is 11.9. The van der Waals surface area contributed by atoms with Gasteiger partial charge in [0.05, 0.1) is 6.61 Å². The van der Waals surface area contributed by atoms with Crippen molar-refractivity contribution in [2.24, 2.45) is 0 Å². The molecule has 0 saturated heterocycles. The minimum Gasteiger partial charge on any atom is -0.289 e. The summed E-state index contributed by atoms with van der Waals surface area (Å²) >= 11 is 0. The van der Waals surface area contributed by atoms with E-state index >= 15 is 0 Å². The second-order valence-corrected chi connectivity index (χ2v) is 4.50. The molecule has 100 valence electrons. The third-order valence-corrected chi connectivity index (χ3v) is 3.30. The number of benzene rings is 2. The van der Waals surface area contributed by atoms with E-state index in [1.807, 2.05) is 18.2 Å². The van der Waals surface area contributed by atoms with E-state index in [4.69, 9.17) is 4.84 Å². The van der Waals surface area contributed by atoms with Gasteiger partial charge in [-0.3, -0.25) is 14.4 Å². The molecule has 0 atom stereocenters. The summed E-state index contributed by atoms with van der Waals surface area (Å²) in [5, 5.41) is 0. The molecule has 0 heterocycles. The summed E-state index contributed by atoms with van der Waals surface area (Å²) in [4.78, 5) is 29.0. The maximum absolute atomic E-state index is 12.3. The molecule has 1 aliphatic rings. The van der Waals surface area contributed by atoms with Crippen LogP contribution < -0.4 is 5.48 Å². The van der Waals surface area contributed by atoms with E-state index in [0.717, 1.165) is 11.1 Å². The topological polar surface area (TPSA) is 55.4 Å². The number of fused-ring (bicyclic) bond motifs is 3. The molecule has 0 unspecified atom stereocenters. The van der Waals surface area contributed by atoms with Crippen molar-refractivity contribution in [3.8, 4) is 11.1 Å². The molecule has 4 nitrogen and oxygen atoms in total. The molecule has 0 bridgehead atoms. The van der Waals surface area contributed by atoms with Crippen molar-refractivity contribution in [1.82, 2.24) is 5.48 Å². The molecule has 0 saturated carbocycles. The second-order valence-electron chi connectivity index (χ2n) is 4.50. The Labute approximate surface area is 116 Å². The molecule has 2 aromatic rings. The Morgan fingerprint density at radius 2 is 1.75 bits per heavy atom. The Morgan fingerprint density at radius 3 is 2.50 bits per heavy atom. The predicted octanol–water partition coefficient (Wildman–Crippen LogP) is 2.58. The molecular formula is C16H13NO3. The van der Waals surface area contributed by atoms with E-state index in [2.05, 4.69) is 5.48 Å². The van der Waals surface area contributed by atoms with Gasteiger partial charge in [-0.25, -0.2) is 5.48 Å². The second kappa shape index (κ2) is 4.90. The van der Waals surface area contributed by atoms with Gasteiger partial charge in [0.15, 0.2) is 5.78 Å². The van der Waals surface area contributed by atoms with E-state index < -0.39 is 0 Å². The lowest BCUT2D eigenvalue weighted by molar-refractivity contribution is 0.0364. The number of rotatable bonds is 3. The van der Waals surface area contributed by atoms with Gasteiger partial charge in [-0.2, -0.15) is 0 Å². The van der Waals surface area contributed by atoms with Crippen molar-refractivity contribution < 1.29 is 14.4 Å². The first-order valence-electron chi connectivity index (χ1n) is 6.42. The fraction of sp³-hybridized carbons (Fsp3) is 0.125. The summed E-state index contributed by atoms with van der Waals surface area (Å²) in [5.41, 5.74) is 5.79. The number of ketones is 1. The van der Waals surface area contributed by atoms with E-state index in [1.165, 1.54) is 0 Å². The quantitative estimate of drug-likeness (QED) is 0.742. The Bertz CT molecular complexity index is 707. The zero-order valence-corrected chi connectivity index (χ0v) is 11.0. The van der Waals surface area contributed by atoms with Gasteiger partial charge in [0.25, 0.3) is 5.91 Å². The van der Waals surface area contributed by atoms with Crippen LogP contribution in [-0.4, -0.2) is 18.3 Å². The summed E-state index contributed by atoms with van der Waals surface area (Å²) in [6.07, 6.45) is 0. The number of nitrogens with one attached hydrogen (secondary N) is 1. The van der Waals surface area contributed by atoms with Crippen molar-refractivity contribution in [1.29, 1.82) is 0 Å². The molecule has 0 aromatic heterocycles. The third kappa shape index (κ3) is 1.90. The van der Waals surface area contributed by atoms with Crippen LogP contribution in [0.4, 0.5) is 0 Å². The van der Waals surface area contributed by atoms with Gasteiger partial charge in [-0.15, -0.1) is 0 Å². The molecule has 0 radical (unpaired) electrons. The highest BCUT2D eigenvalue weighted by molar-refractivity contribution is 6.22. The molecule has 0 fully saturated rings. The van der Waals surface area contributed by atoms with Crippen LogP contribution >= 0.6 is 0 Å². The van der Waals surface area contributed by atoms with Crippen LogP contribution in [0.5, 0.6) is 0 Å². The zero-order chi connectivity index (χ0) is 14.1. The Kier molecular flexibility index (Phi) is 3.08. The van der Waals surface area contributed by atoms with E-state index in [9.17, 15) is 9.59 Å². The first-order valence-corrected chi connectivity index (χ1v) is 6.42. The molecule has 0 aliphatic heterocycles. The number of hydroxylamine groups is 1. The highest BCUT2D eigenvalue weighted by atomic mass is 16.6. The summed E-state index contributed by atoms with van der Waals surface area (Å²) in [6, 6.07) is 12.6. The summed E-state index contributed by atoms with van der Waals surface area (Å²) in [5.74, 6) is -0.389. The highest BCUT2D eigenvalue weighted by Gasteiger charge is 2.26. The number of hydrogen-bond acceptors (Lipinski definition) is 3. The van der Waals surface area contributed by atoms with E-state index in [-0.39, 0.29) is 11.7 Å². The maximum Gasteiger partial charge on any atom is 0.274 e. The first-order chi connectivity index (χ1) is 9.72. The average molecular weight is 267 g/mol. The van der Waals surface area contributed by atoms with Crippen LogP contribution in [0.2, 0.25) is 0 Å². The van der Waals surface area contributed by atoms with Gasteiger partial charge in [-0.05, 0) is 30.2 Å². The van der Waals surface area contributed by atoms with Crippen LogP contribution in [0.15, 0.2) is 42.5 Å². The molecule has 20 heavy (non-hydrogen) atoms. The van der Waals surface area contributed by atoms with Crippen molar-refractivity contribution in [3.05, 3.63) is 59.2 Å². The number of carbonyl (C=O) groups is 2. The smallest absolute Gasteiger partial charge is 0.274 e. The third-order valence-electron chi connectivity index (χ3n) is 3.30. The van der Waals surface area contributed by atoms with Crippen molar-refractivity contribution in [2.45, 2.75) is 6.92 Å². The van der Waals surface area contributed by atoms with E-state index in [0.29, 0.717) is 23.3 Å². The largest absolute Gasteiger partial charge is 0.289 e. The summed E-state index contributed by atoms with van der Waals surface area (Å²) < 4.78 is 0. The Morgan fingerprint density at radius 1 is 1.05 bits per heavy atom. The molecule has 1 aliphatic carbocycles. The van der Waals surface area contributed by atoms with Gasteiger partial charge in [0, 0.05) is 16.7 Å². The van der Waals surface area contributed by atoms with Gasteiger partial charge < -0.3 is 0 Å². The molecule has 3 rings (SSSR count). The van der Waals surface area contributed by atoms with Crippen LogP contribution in [0.3, 0.4) is 0 Å². The summed E-state index contributed by atoms with van der Waals surface area (Å²) in [7, 11) is 0. The van der Waals surface area contributed by atoms with Crippen LogP contribution in [0, 0.1) is 0 Å². The van der Waals surface area contributed by atoms with E-state index in [1.54, 1.807) is 31.2 Å². The number of amides is 1. The lowest BCUT2D eigenvalue weighted by Gasteiger charge is -2.05. The minimum absolute atomic E-state index is 0.0401. The van der Waals surface area contributed by atoms with Crippen molar-refractivity contribution in [3.63, 3.8) is 0 Å². The molecular weight excluding hydrogens is 254 g/mol. The van der Waals surface area contributed by atoms with Crippen LogP contribution in [-0.2, 0) is 4.84 Å². The monoisotopic (exact) mass is 267 g/mol. The molecule has 1 N–H and O–H groups in total. The van der Waals surface area contributed by atoms with Crippen LogP contribution in [0.25, 0.3) is 11.1 Å². The minimum atomic E-state index is -0.349. The standard InChI is InChI=1S/C16H13NO3/c1-2-20-17-16(19)10-7-8-12-11-5-3-4-6-13(11)15(18)14(12)9-10/h3-9H,2H2,1H3,(H,17,19). The fourth-order valence-electron chi connectivity index (χ4n) is 2.37. The SMILES string of the molecule is CCONC(=O)c1ccc2c(c1)C(=O)c1ccccc1-2. The molecule has 4 heteroatoms. The predicted molar refractivity (Wildman–Crippen MR) is 74.4 cm³/mol. The zero-order valence-electron chi connectivity index (χ0n) is 11.0. The van der Waals surface area contributed by atoms with Gasteiger partial charge in [-0.1, -0.05) is 30.3 Å².